The number of anilines is 1. The SMILES string of the molecule is Cc1ccc([C@H](C)NC(=O)c2ccc(NS(=O)(=O)c3ccc(C)cc3)cc2Cl)cc1. The zero-order chi connectivity index (χ0) is 21.9. The summed E-state index contributed by atoms with van der Waals surface area (Å²) in [7, 11) is -3.75. The Morgan fingerprint density at radius 3 is 2.03 bits per heavy atom. The predicted molar refractivity (Wildman–Crippen MR) is 120 cm³/mol. The van der Waals surface area contributed by atoms with Crippen molar-refractivity contribution in [1.29, 1.82) is 0 Å². The summed E-state index contributed by atoms with van der Waals surface area (Å²) in [6, 6.07) is 18.7. The molecule has 0 heterocycles. The summed E-state index contributed by atoms with van der Waals surface area (Å²) in [4.78, 5) is 12.8. The third kappa shape index (κ3) is 5.20. The zero-order valence-electron chi connectivity index (χ0n) is 16.9. The van der Waals surface area contributed by atoms with Crippen molar-refractivity contribution in [3.63, 3.8) is 0 Å². The van der Waals surface area contributed by atoms with E-state index in [0.717, 1.165) is 16.7 Å². The fourth-order valence-electron chi connectivity index (χ4n) is 2.91. The van der Waals surface area contributed by atoms with Crippen LogP contribution in [-0.4, -0.2) is 14.3 Å². The van der Waals surface area contributed by atoms with Crippen LogP contribution in [0, 0.1) is 13.8 Å². The Balaban J connectivity index is 1.73. The first kappa shape index (κ1) is 21.9. The fraction of sp³-hybridized carbons (Fsp3) is 0.174. The van der Waals surface area contributed by atoms with Gasteiger partial charge in [0.25, 0.3) is 15.9 Å². The summed E-state index contributed by atoms with van der Waals surface area (Å²) < 4.78 is 27.6. The number of benzene rings is 3. The number of carbonyl (C=O) groups is 1. The molecule has 3 aromatic rings. The van der Waals surface area contributed by atoms with E-state index in [1.807, 2.05) is 45.0 Å². The van der Waals surface area contributed by atoms with Gasteiger partial charge in [-0.05, 0) is 56.7 Å². The molecular formula is C23H23ClN2O3S. The Morgan fingerprint density at radius 2 is 1.47 bits per heavy atom. The Labute approximate surface area is 182 Å². The monoisotopic (exact) mass is 442 g/mol. The van der Waals surface area contributed by atoms with Gasteiger partial charge in [0.2, 0.25) is 0 Å². The number of hydrogen-bond donors (Lipinski definition) is 2. The van der Waals surface area contributed by atoms with Gasteiger partial charge in [0, 0.05) is 0 Å². The average Bonchev–Trinajstić information content (AvgIpc) is 2.68. The molecule has 0 radical (unpaired) electrons. The van der Waals surface area contributed by atoms with Crippen molar-refractivity contribution in [2.75, 3.05) is 4.72 Å². The molecule has 30 heavy (non-hydrogen) atoms. The molecule has 5 nitrogen and oxygen atoms in total. The van der Waals surface area contributed by atoms with Gasteiger partial charge in [-0.3, -0.25) is 9.52 Å². The van der Waals surface area contributed by atoms with Crippen molar-refractivity contribution in [3.8, 4) is 0 Å². The highest BCUT2D eigenvalue weighted by atomic mass is 35.5. The smallest absolute Gasteiger partial charge is 0.261 e. The van der Waals surface area contributed by atoms with Gasteiger partial charge in [0.05, 0.1) is 27.2 Å². The van der Waals surface area contributed by atoms with Gasteiger partial charge in [-0.15, -0.1) is 0 Å². The Bertz CT molecular complexity index is 1160. The number of sulfonamides is 1. The summed E-state index contributed by atoms with van der Waals surface area (Å²) in [6.45, 7) is 5.77. The molecule has 0 unspecified atom stereocenters. The van der Waals surface area contributed by atoms with Crippen LogP contribution in [0.15, 0.2) is 71.6 Å². The number of aryl methyl sites for hydroxylation is 2. The summed E-state index contributed by atoms with van der Waals surface area (Å²) in [5.41, 5.74) is 3.64. The molecule has 0 fully saturated rings. The lowest BCUT2D eigenvalue weighted by Crippen LogP contribution is -2.27. The zero-order valence-corrected chi connectivity index (χ0v) is 18.5. The van der Waals surface area contributed by atoms with Gasteiger partial charge in [0.1, 0.15) is 0 Å². The molecule has 7 heteroatoms. The molecule has 0 spiro atoms. The molecule has 0 aliphatic carbocycles. The quantitative estimate of drug-likeness (QED) is 0.547. The second kappa shape index (κ2) is 8.90. The van der Waals surface area contributed by atoms with Crippen molar-refractivity contribution >= 4 is 33.2 Å². The number of hydrogen-bond acceptors (Lipinski definition) is 3. The second-order valence-electron chi connectivity index (χ2n) is 7.22. The predicted octanol–water partition coefficient (Wildman–Crippen LogP) is 5.25. The van der Waals surface area contributed by atoms with Crippen molar-refractivity contribution < 1.29 is 13.2 Å². The third-order valence-corrected chi connectivity index (χ3v) is 6.43. The van der Waals surface area contributed by atoms with Crippen LogP contribution >= 0.6 is 11.6 Å². The summed E-state index contributed by atoms with van der Waals surface area (Å²) >= 11 is 6.27. The molecule has 3 aromatic carbocycles. The van der Waals surface area contributed by atoms with Gasteiger partial charge in [-0.1, -0.05) is 59.1 Å². The second-order valence-corrected chi connectivity index (χ2v) is 9.31. The van der Waals surface area contributed by atoms with Crippen molar-refractivity contribution in [1.82, 2.24) is 5.32 Å². The molecule has 0 aliphatic heterocycles. The van der Waals surface area contributed by atoms with Gasteiger partial charge >= 0.3 is 0 Å². The van der Waals surface area contributed by atoms with Crippen LogP contribution in [0.4, 0.5) is 5.69 Å². The Morgan fingerprint density at radius 1 is 0.900 bits per heavy atom. The van der Waals surface area contributed by atoms with Gasteiger partial charge in [-0.2, -0.15) is 0 Å². The van der Waals surface area contributed by atoms with Crippen molar-refractivity contribution in [2.45, 2.75) is 31.7 Å². The van der Waals surface area contributed by atoms with E-state index >= 15 is 0 Å². The maximum Gasteiger partial charge on any atom is 0.261 e. The molecule has 3 rings (SSSR count). The van der Waals surface area contributed by atoms with Crippen LogP contribution in [-0.2, 0) is 10.0 Å². The van der Waals surface area contributed by atoms with E-state index in [1.165, 1.54) is 30.3 Å². The summed E-state index contributed by atoms with van der Waals surface area (Å²) in [6.07, 6.45) is 0. The van der Waals surface area contributed by atoms with E-state index in [2.05, 4.69) is 10.0 Å². The van der Waals surface area contributed by atoms with E-state index in [-0.39, 0.29) is 33.1 Å². The van der Waals surface area contributed by atoms with Crippen LogP contribution in [0.3, 0.4) is 0 Å². The number of halogens is 1. The molecule has 2 N–H and O–H groups in total. The maximum atomic E-state index is 12.6. The lowest BCUT2D eigenvalue weighted by atomic mass is 10.1. The highest BCUT2D eigenvalue weighted by Crippen LogP contribution is 2.24. The minimum absolute atomic E-state index is 0.151. The standard InChI is InChI=1S/C23H23ClN2O3S/c1-15-4-8-18(9-5-15)17(3)25-23(27)21-13-10-19(14-22(21)24)26-30(28,29)20-11-6-16(2)7-12-20/h4-14,17,26H,1-3H3,(H,25,27)/t17-/m0/s1. The molecule has 1 atom stereocenters. The first-order chi connectivity index (χ1) is 14.2. The van der Waals surface area contributed by atoms with Gasteiger partial charge in [-0.25, -0.2) is 8.42 Å². The van der Waals surface area contributed by atoms with Gasteiger partial charge in [0.15, 0.2) is 0 Å². The molecule has 0 saturated carbocycles. The van der Waals surface area contributed by atoms with Crippen molar-refractivity contribution in [2.24, 2.45) is 0 Å². The maximum absolute atomic E-state index is 12.6. The molecule has 0 aromatic heterocycles. The van der Waals surface area contributed by atoms with E-state index in [9.17, 15) is 13.2 Å². The van der Waals surface area contributed by atoms with E-state index < -0.39 is 10.0 Å². The van der Waals surface area contributed by atoms with E-state index in [4.69, 9.17) is 11.6 Å². The molecule has 1 amide bonds. The molecule has 0 aliphatic rings. The number of carbonyl (C=O) groups excluding carboxylic acids is 1. The van der Waals surface area contributed by atoms with Crippen molar-refractivity contribution in [3.05, 3.63) is 94.0 Å². The normalized spacial score (nSPS) is 12.3. The number of amides is 1. The van der Waals surface area contributed by atoms with Crippen LogP contribution in [0.25, 0.3) is 0 Å². The van der Waals surface area contributed by atoms with Gasteiger partial charge < -0.3 is 5.32 Å². The lowest BCUT2D eigenvalue weighted by Gasteiger charge is -2.16. The first-order valence-corrected chi connectivity index (χ1v) is 11.3. The number of nitrogens with one attached hydrogen (secondary N) is 2. The molecule has 0 saturated heterocycles. The van der Waals surface area contributed by atoms with Crippen LogP contribution < -0.4 is 10.0 Å². The molecule has 0 bridgehead atoms. The fourth-order valence-corrected chi connectivity index (χ4v) is 4.22. The Hall–Kier alpha value is -2.83. The third-order valence-electron chi connectivity index (χ3n) is 4.72. The van der Waals surface area contributed by atoms with E-state index in [1.54, 1.807) is 12.1 Å². The summed E-state index contributed by atoms with van der Waals surface area (Å²) in [5.74, 6) is -0.332. The van der Waals surface area contributed by atoms with Crippen LogP contribution in [0.1, 0.15) is 40.0 Å². The summed E-state index contributed by atoms with van der Waals surface area (Å²) in [5, 5.41) is 3.07. The van der Waals surface area contributed by atoms with E-state index in [0.29, 0.717) is 0 Å². The first-order valence-electron chi connectivity index (χ1n) is 9.42. The van der Waals surface area contributed by atoms with Crippen LogP contribution in [0.5, 0.6) is 0 Å². The largest absolute Gasteiger partial charge is 0.345 e. The Kier molecular flexibility index (Phi) is 6.48. The highest BCUT2D eigenvalue weighted by Gasteiger charge is 2.17. The molecule has 156 valence electrons. The lowest BCUT2D eigenvalue weighted by molar-refractivity contribution is 0.0940. The topological polar surface area (TPSA) is 75.3 Å². The van der Waals surface area contributed by atoms with Crippen LogP contribution in [0.2, 0.25) is 5.02 Å². The minimum atomic E-state index is -3.75. The molecular weight excluding hydrogens is 420 g/mol. The number of rotatable bonds is 6. The average molecular weight is 443 g/mol. The highest BCUT2D eigenvalue weighted by molar-refractivity contribution is 7.92. The minimum Gasteiger partial charge on any atom is -0.345 e.